The van der Waals surface area contributed by atoms with E-state index in [9.17, 15) is 0 Å². The lowest BCUT2D eigenvalue weighted by molar-refractivity contribution is 0.0426. The molecule has 0 aromatic heterocycles. The maximum Gasteiger partial charge on any atom is 0.0540 e. The highest BCUT2D eigenvalue weighted by atomic mass is 15.1. The molecule has 2 bridgehead atoms. The maximum absolute atomic E-state index is 2.59. The minimum atomic E-state index is 0.0942. The fraction of sp³-hybridized carbons (Fsp3) is 0.208. The Morgan fingerprint density at radius 2 is 1.00 bits per heavy atom. The van der Waals surface area contributed by atoms with Crippen molar-refractivity contribution >= 4 is 17.1 Å². The molecule has 1 spiro atoms. The Kier molecular flexibility index (Phi) is 8.13. The molecule has 0 amide bonds. The second-order valence-electron chi connectivity index (χ2n) is 16.4. The summed E-state index contributed by atoms with van der Waals surface area (Å²) in [6.07, 6.45) is 5.44. The van der Waals surface area contributed by atoms with Gasteiger partial charge in [0.25, 0.3) is 0 Å². The summed E-state index contributed by atoms with van der Waals surface area (Å²) < 4.78 is 0. The Morgan fingerprint density at radius 1 is 0.426 bits per heavy atom. The molecule has 10 rings (SSSR count). The Balaban J connectivity index is 1.08. The van der Waals surface area contributed by atoms with Crippen molar-refractivity contribution in [3.05, 3.63) is 187 Å². The van der Waals surface area contributed by atoms with Gasteiger partial charge in [-0.2, -0.15) is 0 Å². The molecular weight excluding hydrogens is 651 g/mol. The van der Waals surface area contributed by atoms with Crippen molar-refractivity contribution in [1.82, 2.24) is 0 Å². The van der Waals surface area contributed by atoms with E-state index in [0.717, 1.165) is 28.9 Å². The third-order valence-corrected chi connectivity index (χ3v) is 13.2. The van der Waals surface area contributed by atoms with E-state index in [1.165, 1.54) is 70.2 Å². The lowest BCUT2D eigenvalue weighted by Crippen LogP contribution is -2.49. The summed E-state index contributed by atoms with van der Waals surface area (Å²) in [5.41, 5.74) is 17.0. The second-order valence-corrected chi connectivity index (χ2v) is 16.4. The van der Waals surface area contributed by atoms with Crippen LogP contribution in [0.3, 0.4) is 0 Å². The van der Waals surface area contributed by atoms with Crippen molar-refractivity contribution in [3.63, 3.8) is 0 Å². The van der Waals surface area contributed by atoms with Crippen LogP contribution >= 0.6 is 0 Å². The summed E-state index contributed by atoms with van der Waals surface area (Å²) in [4.78, 5) is 2.42. The molecule has 5 unspecified atom stereocenters. The summed E-state index contributed by atoms with van der Waals surface area (Å²) in [7, 11) is 0. The van der Waals surface area contributed by atoms with Crippen LogP contribution in [-0.4, -0.2) is 0 Å². The van der Waals surface area contributed by atoms with Crippen LogP contribution in [0.4, 0.5) is 17.1 Å². The Hall–Kier alpha value is -5.66. The van der Waals surface area contributed by atoms with Gasteiger partial charge in [-0.3, -0.25) is 0 Å². The lowest BCUT2D eigenvalue weighted by Gasteiger charge is -2.54. The number of benzene rings is 7. The molecule has 3 aliphatic carbocycles. The average molecular weight is 698 g/mol. The molecule has 0 radical (unpaired) electrons. The van der Waals surface area contributed by atoms with E-state index >= 15 is 0 Å². The van der Waals surface area contributed by atoms with E-state index in [4.69, 9.17) is 0 Å². The van der Waals surface area contributed by atoms with Crippen LogP contribution in [0, 0.1) is 23.7 Å². The topological polar surface area (TPSA) is 3.24 Å². The first-order valence-electron chi connectivity index (χ1n) is 20.0. The van der Waals surface area contributed by atoms with Crippen molar-refractivity contribution in [2.24, 2.45) is 23.7 Å². The van der Waals surface area contributed by atoms with Crippen molar-refractivity contribution in [3.8, 4) is 44.5 Å². The van der Waals surface area contributed by atoms with E-state index in [0.29, 0.717) is 11.8 Å². The number of anilines is 3. The first kappa shape index (κ1) is 32.9. The van der Waals surface area contributed by atoms with Crippen LogP contribution in [0.1, 0.15) is 50.7 Å². The number of nitrogens with zero attached hydrogens (tertiary/aromatic N) is 1. The third kappa shape index (κ3) is 5.36. The standard InChI is InChI=1S/C53H47N/c1-36-30-38-32-37(2)53(44(31-36)33-38)50-21-13-12-20-47(50)48-28-24-43(35-51(48)53)40-22-26-46(27-23-40)54(45-18-10-5-11-19-45)52-29-25-42(39-14-6-3-7-15-39)34-49(52)41-16-8-4-9-17-41/h3-29,34-38,44H,30-33H2,1-2H3. The predicted octanol–water partition coefficient (Wildman–Crippen LogP) is 14.5. The van der Waals surface area contributed by atoms with Gasteiger partial charge in [-0.05, 0) is 142 Å². The second kappa shape index (κ2) is 13.3. The van der Waals surface area contributed by atoms with Gasteiger partial charge in [0.2, 0.25) is 0 Å². The molecule has 7 aromatic rings. The molecule has 1 nitrogen and oxygen atoms in total. The Labute approximate surface area is 321 Å². The highest BCUT2D eigenvalue weighted by Crippen LogP contribution is 2.64. The van der Waals surface area contributed by atoms with Crippen LogP contribution in [0.2, 0.25) is 0 Å². The molecule has 0 N–H and O–H groups in total. The normalized spacial score (nSPS) is 22.4. The zero-order valence-corrected chi connectivity index (χ0v) is 31.3. The van der Waals surface area contributed by atoms with Gasteiger partial charge in [-0.15, -0.1) is 0 Å². The minimum Gasteiger partial charge on any atom is -0.310 e. The highest BCUT2D eigenvalue weighted by molar-refractivity contribution is 5.91. The average Bonchev–Trinajstić information content (AvgIpc) is 3.52. The smallest absolute Gasteiger partial charge is 0.0540 e. The molecule has 0 heterocycles. The minimum absolute atomic E-state index is 0.0942. The molecule has 2 fully saturated rings. The van der Waals surface area contributed by atoms with Gasteiger partial charge < -0.3 is 4.90 Å². The largest absolute Gasteiger partial charge is 0.310 e. The van der Waals surface area contributed by atoms with Gasteiger partial charge in [-0.25, -0.2) is 0 Å². The fourth-order valence-electron chi connectivity index (χ4n) is 11.1. The molecule has 264 valence electrons. The third-order valence-electron chi connectivity index (χ3n) is 13.2. The van der Waals surface area contributed by atoms with Crippen LogP contribution in [0.25, 0.3) is 44.5 Å². The number of hydrogen-bond donors (Lipinski definition) is 0. The lowest BCUT2D eigenvalue weighted by atomic mass is 9.49. The first-order chi connectivity index (χ1) is 26.6. The molecule has 0 aliphatic heterocycles. The molecule has 7 aromatic carbocycles. The quantitative estimate of drug-likeness (QED) is 0.167. The van der Waals surface area contributed by atoms with Crippen molar-refractivity contribution in [2.75, 3.05) is 4.90 Å². The van der Waals surface area contributed by atoms with Crippen molar-refractivity contribution in [1.29, 1.82) is 0 Å². The Bertz CT molecular complexity index is 2430. The first-order valence-corrected chi connectivity index (χ1v) is 20.0. The predicted molar refractivity (Wildman–Crippen MR) is 227 cm³/mol. The van der Waals surface area contributed by atoms with Gasteiger partial charge in [0.15, 0.2) is 0 Å². The van der Waals surface area contributed by atoms with E-state index in [2.05, 4.69) is 195 Å². The van der Waals surface area contributed by atoms with Gasteiger partial charge >= 0.3 is 0 Å². The van der Waals surface area contributed by atoms with Crippen LogP contribution < -0.4 is 4.90 Å². The van der Waals surface area contributed by atoms with Gasteiger partial charge in [0.05, 0.1) is 5.69 Å². The molecule has 5 atom stereocenters. The van der Waals surface area contributed by atoms with E-state index < -0.39 is 0 Å². The summed E-state index contributed by atoms with van der Waals surface area (Å²) in [5.74, 6) is 2.99. The van der Waals surface area contributed by atoms with Crippen LogP contribution in [0.15, 0.2) is 176 Å². The highest BCUT2D eigenvalue weighted by Gasteiger charge is 2.56. The summed E-state index contributed by atoms with van der Waals surface area (Å²) >= 11 is 0. The van der Waals surface area contributed by atoms with E-state index in [1.807, 2.05) is 0 Å². The number of rotatable bonds is 6. The van der Waals surface area contributed by atoms with Crippen molar-refractivity contribution in [2.45, 2.75) is 44.9 Å². The molecule has 0 saturated heterocycles. The van der Waals surface area contributed by atoms with Gasteiger partial charge in [0.1, 0.15) is 0 Å². The fourth-order valence-corrected chi connectivity index (χ4v) is 11.1. The zero-order chi connectivity index (χ0) is 36.2. The summed E-state index contributed by atoms with van der Waals surface area (Å²) in [6, 6.07) is 65.3. The SMILES string of the molecule is CC1CC2CC(C)C3(c4ccccc4-c4ccc(-c5ccc(N(c6ccccc6)c6ccc(-c7ccccc7)cc6-c6ccccc6)cc5)cc43)C(C1)C2. The summed E-state index contributed by atoms with van der Waals surface area (Å²) in [5, 5.41) is 0. The van der Waals surface area contributed by atoms with Crippen LogP contribution in [0.5, 0.6) is 0 Å². The summed E-state index contributed by atoms with van der Waals surface area (Å²) in [6.45, 7) is 5.07. The van der Waals surface area contributed by atoms with Gasteiger partial charge in [0, 0.05) is 22.4 Å². The van der Waals surface area contributed by atoms with Crippen LogP contribution in [-0.2, 0) is 5.41 Å². The van der Waals surface area contributed by atoms with E-state index in [-0.39, 0.29) is 5.41 Å². The number of hydrogen-bond acceptors (Lipinski definition) is 1. The molecule has 1 heteroatoms. The Morgan fingerprint density at radius 3 is 1.76 bits per heavy atom. The van der Waals surface area contributed by atoms with Crippen molar-refractivity contribution < 1.29 is 0 Å². The number of para-hydroxylation sites is 1. The van der Waals surface area contributed by atoms with E-state index in [1.54, 1.807) is 11.1 Å². The molecular formula is C53H47N. The molecule has 54 heavy (non-hydrogen) atoms. The van der Waals surface area contributed by atoms with Gasteiger partial charge in [-0.1, -0.05) is 147 Å². The molecule has 3 aliphatic rings. The molecule has 2 saturated carbocycles. The maximum atomic E-state index is 2.59. The zero-order valence-electron chi connectivity index (χ0n) is 31.3. The monoisotopic (exact) mass is 697 g/mol. The number of fused-ring (bicyclic) bond motifs is 8.